The van der Waals surface area contributed by atoms with Crippen LogP contribution in [0.25, 0.3) is 0 Å². The van der Waals surface area contributed by atoms with Crippen molar-refractivity contribution in [3.63, 3.8) is 0 Å². The van der Waals surface area contributed by atoms with Gasteiger partial charge in [0.1, 0.15) is 0 Å². The maximum absolute atomic E-state index is 5.50. The summed E-state index contributed by atoms with van der Waals surface area (Å²) in [5.41, 5.74) is 4.64. The van der Waals surface area contributed by atoms with E-state index in [0.717, 1.165) is 37.3 Å². The van der Waals surface area contributed by atoms with E-state index in [4.69, 9.17) is 17.0 Å². The average molecular weight is 278 g/mol. The number of aromatic nitrogens is 1. The molecule has 0 amide bonds. The van der Waals surface area contributed by atoms with Crippen LogP contribution in [-0.2, 0) is 4.74 Å². The van der Waals surface area contributed by atoms with Crippen molar-refractivity contribution in [2.45, 2.75) is 25.9 Å². The highest BCUT2D eigenvalue weighted by Gasteiger charge is 2.14. The second-order valence-corrected chi connectivity index (χ2v) is 4.80. The molecule has 2 N–H and O–H groups in total. The molecule has 0 bridgehead atoms. The van der Waals surface area contributed by atoms with Crippen molar-refractivity contribution >= 4 is 23.0 Å². The first-order valence-electron chi connectivity index (χ1n) is 6.36. The summed E-state index contributed by atoms with van der Waals surface area (Å²) in [5, 5.41) is 7.84. The van der Waals surface area contributed by atoms with Crippen molar-refractivity contribution < 1.29 is 4.74 Å². The van der Waals surface area contributed by atoms with Gasteiger partial charge >= 0.3 is 0 Å². The van der Waals surface area contributed by atoms with E-state index in [1.807, 2.05) is 19.1 Å². The predicted molar refractivity (Wildman–Crippen MR) is 79.2 cm³/mol. The summed E-state index contributed by atoms with van der Waals surface area (Å²) in [6.45, 7) is 3.49. The van der Waals surface area contributed by atoms with Crippen molar-refractivity contribution in [1.29, 1.82) is 0 Å². The molecule has 5 nitrogen and oxygen atoms in total. The molecule has 1 aliphatic rings. The van der Waals surface area contributed by atoms with Gasteiger partial charge in [-0.1, -0.05) is 6.07 Å². The molecular weight excluding hydrogens is 260 g/mol. The van der Waals surface area contributed by atoms with Crippen LogP contribution >= 0.6 is 12.2 Å². The number of nitrogens with zero attached hydrogens (tertiary/aromatic N) is 2. The third-order valence-corrected chi connectivity index (χ3v) is 3.15. The molecule has 1 atom stereocenters. The summed E-state index contributed by atoms with van der Waals surface area (Å²) in [5.74, 6) is 0. The Labute approximate surface area is 118 Å². The Bertz CT molecular complexity index is 443. The van der Waals surface area contributed by atoms with Crippen molar-refractivity contribution in [1.82, 2.24) is 15.7 Å². The van der Waals surface area contributed by atoms with Crippen LogP contribution in [0.3, 0.4) is 0 Å². The third kappa shape index (κ3) is 4.57. The Hall–Kier alpha value is -1.53. The Kier molecular flexibility index (Phi) is 5.23. The van der Waals surface area contributed by atoms with E-state index in [-0.39, 0.29) is 6.10 Å². The Morgan fingerprint density at radius 3 is 3.21 bits per heavy atom. The first kappa shape index (κ1) is 13.9. The van der Waals surface area contributed by atoms with Crippen LogP contribution < -0.4 is 10.7 Å². The van der Waals surface area contributed by atoms with Gasteiger partial charge in [-0.3, -0.25) is 10.4 Å². The molecule has 1 saturated heterocycles. The summed E-state index contributed by atoms with van der Waals surface area (Å²) in [7, 11) is 0. The van der Waals surface area contributed by atoms with Crippen LogP contribution in [0, 0.1) is 0 Å². The summed E-state index contributed by atoms with van der Waals surface area (Å²) >= 11 is 5.16. The van der Waals surface area contributed by atoms with E-state index < -0.39 is 0 Å². The third-order valence-electron chi connectivity index (χ3n) is 2.92. The summed E-state index contributed by atoms with van der Waals surface area (Å²) in [4.78, 5) is 4.05. The molecule has 2 heterocycles. The standard InChI is InChI=1S/C13H18N4OS/c1-10(11-4-2-6-14-8-11)16-17-13(19)15-9-12-5-3-7-18-12/h2,4,6,8,12H,3,5,7,9H2,1H3,(H2,15,17,19)/b16-10-/t12-/m1/s1. The monoisotopic (exact) mass is 278 g/mol. The van der Waals surface area contributed by atoms with Gasteiger partial charge in [0.15, 0.2) is 5.11 Å². The Balaban J connectivity index is 1.76. The first-order valence-corrected chi connectivity index (χ1v) is 6.76. The fourth-order valence-corrected chi connectivity index (χ4v) is 1.96. The first-order chi connectivity index (χ1) is 9.25. The topological polar surface area (TPSA) is 58.5 Å². The molecule has 102 valence electrons. The lowest BCUT2D eigenvalue weighted by Gasteiger charge is -2.12. The van der Waals surface area contributed by atoms with E-state index >= 15 is 0 Å². The van der Waals surface area contributed by atoms with Crippen LogP contribution in [0.5, 0.6) is 0 Å². The second kappa shape index (κ2) is 7.16. The largest absolute Gasteiger partial charge is 0.376 e. The van der Waals surface area contributed by atoms with Crippen LogP contribution in [0.15, 0.2) is 29.6 Å². The van der Waals surface area contributed by atoms with Crippen molar-refractivity contribution in [3.05, 3.63) is 30.1 Å². The lowest BCUT2D eigenvalue weighted by Crippen LogP contribution is -2.37. The highest BCUT2D eigenvalue weighted by molar-refractivity contribution is 7.80. The number of hydrazone groups is 1. The Morgan fingerprint density at radius 1 is 1.63 bits per heavy atom. The van der Waals surface area contributed by atoms with Gasteiger partial charge in [-0.05, 0) is 38.0 Å². The maximum Gasteiger partial charge on any atom is 0.187 e. The smallest absolute Gasteiger partial charge is 0.187 e. The second-order valence-electron chi connectivity index (χ2n) is 4.40. The quantitative estimate of drug-likeness (QED) is 0.496. The Morgan fingerprint density at radius 2 is 2.53 bits per heavy atom. The minimum atomic E-state index is 0.267. The van der Waals surface area contributed by atoms with E-state index in [2.05, 4.69) is 20.8 Å². The van der Waals surface area contributed by atoms with Crippen molar-refractivity contribution in [2.75, 3.05) is 13.2 Å². The molecule has 0 radical (unpaired) electrons. The van der Waals surface area contributed by atoms with Crippen molar-refractivity contribution in [3.8, 4) is 0 Å². The fourth-order valence-electron chi connectivity index (χ4n) is 1.83. The summed E-state index contributed by atoms with van der Waals surface area (Å²) in [6, 6.07) is 3.83. The predicted octanol–water partition coefficient (Wildman–Crippen LogP) is 1.45. The number of nitrogens with one attached hydrogen (secondary N) is 2. The highest BCUT2D eigenvalue weighted by atomic mass is 32.1. The van der Waals surface area contributed by atoms with Gasteiger partial charge in [0, 0.05) is 31.1 Å². The molecule has 1 fully saturated rings. The molecule has 6 heteroatoms. The SMILES string of the molecule is C/C(=N/NC(=S)NC[C@H]1CCCO1)c1cccnc1. The van der Waals surface area contributed by atoms with Gasteiger partial charge in [0.2, 0.25) is 0 Å². The summed E-state index contributed by atoms with van der Waals surface area (Å²) < 4.78 is 5.50. The van der Waals surface area contributed by atoms with Gasteiger partial charge < -0.3 is 10.1 Å². The summed E-state index contributed by atoms with van der Waals surface area (Å²) in [6.07, 6.45) is 5.99. The van der Waals surface area contributed by atoms with E-state index in [1.165, 1.54) is 0 Å². The fraction of sp³-hybridized carbons (Fsp3) is 0.462. The van der Waals surface area contributed by atoms with E-state index in [0.29, 0.717) is 5.11 Å². The number of pyridine rings is 1. The molecule has 0 unspecified atom stereocenters. The highest BCUT2D eigenvalue weighted by Crippen LogP contribution is 2.10. The zero-order valence-corrected chi connectivity index (χ0v) is 11.7. The number of rotatable bonds is 4. The van der Waals surface area contributed by atoms with E-state index in [1.54, 1.807) is 12.4 Å². The molecule has 1 aromatic rings. The molecule has 1 aliphatic heterocycles. The van der Waals surface area contributed by atoms with E-state index in [9.17, 15) is 0 Å². The van der Waals surface area contributed by atoms with Crippen LogP contribution in [0.1, 0.15) is 25.3 Å². The molecule has 0 saturated carbocycles. The normalized spacial score (nSPS) is 19.2. The molecule has 19 heavy (non-hydrogen) atoms. The zero-order valence-electron chi connectivity index (χ0n) is 10.9. The molecule has 0 spiro atoms. The van der Waals surface area contributed by atoms with Crippen LogP contribution in [0.4, 0.5) is 0 Å². The molecular formula is C13H18N4OS. The van der Waals surface area contributed by atoms with Gasteiger partial charge in [-0.15, -0.1) is 0 Å². The lowest BCUT2D eigenvalue weighted by molar-refractivity contribution is 0.114. The molecule has 0 aliphatic carbocycles. The maximum atomic E-state index is 5.50. The lowest BCUT2D eigenvalue weighted by atomic mass is 10.2. The van der Waals surface area contributed by atoms with Gasteiger partial charge in [0.25, 0.3) is 0 Å². The van der Waals surface area contributed by atoms with Crippen LogP contribution in [0.2, 0.25) is 0 Å². The number of hydrogen-bond donors (Lipinski definition) is 2. The minimum Gasteiger partial charge on any atom is -0.376 e. The number of ether oxygens (including phenoxy) is 1. The van der Waals surface area contributed by atoms with Gasteiger partial charge in [-0.2, -0.15) is 5.10 Å². The van der Waals surface area contributed by atoms with Gasteiger partial charge in [0.05, 0.1) is 11.8 Å². The van der Waals surface area contributed by atoms with Crippen LogP contribution in [-0.4, -0.2) is 35.1 Å². The zero-order chi connectivity index (χ0) is 13.5. The van der Waals surface area contributed by atoms with Crippen molar-refractivity contribution in [2.24, 2.45) is 5.10 Å². The molecule has 2 rings (SSSR count). The minimum absolute atomic E-state index is 0.267. The molecule has 1 aromatic heterocycles. The molecule has 0 aromatic carbocycles. The van der Waals surface area contributed by atoms with Gasteiger partial charge in [-0.25, -0.2) is 0 Å². The number of thiocarbonyl (C=S) groups is 1. The number of hydrogen-bond acceptors (Lipinski definition) is 4. The average Bonchev–Trinajstić information content (AvgIpc) is 2.96.